The van der Waals surface area contributed by atoms with E-state index in [0.29, 0.717) is 18.7 Å². The van der Waals surface area contributed by atoms with Gasteiger partial charge in [0.1, 0.15) is 5.82 Å². The highest BCUT2D eigenvalue weighted by Crippen LogP contribution is 2.30. The molecule has 4 rings (SSSR count). The maximum Gasteiger partial charge on any atom is 0.258 e. The first-order valence-corrected chi connectivity index (χ1v) is 11.7. The number of halogens is 1. The predicted octanol–water partition coefficient (Wildman–Crippen LogP) is 3.83. The molecule has 0 bridgehead atoms. The maximum absolute atomic E-state index is 13.2. The number of carbonyl (C=O) groups excluding carboxylic acids is 3. The van der Waals surface area contributed by atoms with Crippen LogP contribution in [0.15, 0.2) is 42.5 Å². The summed E-state index contributed by atoms with van der Waals surface area (Å²) in [5.41, 5.74) is 3.31. The molecule has 0 aliphatic carbocycles. The molecule has 1 N–H and O–H groups in total. The summed E-state index contributed by atoms with van der Waals surface area (Å²) in [4.78, 5) is 41.0. The first-order chi connectivity index (χ1) is 16.0. The molecule has 33 heavy (non-hydrogen) atoms. The smallest absolute Gasteiger partial charge is 0.258 e. The molecule has 0 radical (unpaired) electrons. The molecule has 7 heteroatoms. The second-order valence-electron chi connectivity index (χ2n) is 8.75. The molecule has 0 spiro atoms. The molecule has 0 saturated carbocycles. The molecule has 2 aromatic rings. The average Bonchev–Trinajstić information content (AvgIpc) is 3.05. The zero-order valence-corrected chi connectivity index (χ0v) is 18.8. The normalized spacial score (nSPS) is 15.7. The molecule has 2 heterocycles. The van der Waals surface area contributed by atoms with Crippen molar-refractivity contribution < 1.29 is 18.8 Å². The van der Waals surface area contributed by atoms with Crippen LogP contribution in [0.2, 0.25) is 0 Å². The molecule has 0 atom stereocenters. The fourth-order valence-electron chi connectivity index (χ4n) is 4.51. The summed E-state index contributed by atoms with van der Waals surface area (Å²) < 4.78 is 13.2. The van der Waals surface area contributed by atoms with Crippen LogP contribution in [0.5, 0.6) is 0 Å². The SMILES string of the molecule is O=C(CCC(=O)N1CCCCCC1)NCc1ccc2c(c1)CCN2C(=O)c1ccc(F)cc1. The number of likely N-dealkylation sites (tertiary alicyclic amines) is 1. The van der Waals surface area contributed by atoms with Crippen LogP contribution in [0.3, 0.4) is 0 Å². The van der Waals surface area contributed by atoms with Crippen molar-refractivity contribution in [1.82, 2.24) is 10.2 Å². The number of amides is 3. The van der Waals surface area contributed by atoms with Crippen molar-refractivity contribution in [2.45, 2.75) is 51.5 Å². The lowest BCUT2D eigenvalue weighted by molar-refractivity contribution is -0.133. The van der Waals surface area contributed by atoms with E-state index in [2.05, 4.69) is 5.32 Å². The van der Waals surface area contributed by atoms with E-state index in [1.165, 1.54) is 37.1 Å². The number of nitrogens with one attached hydrogen (secondary N) is 1. The Kier molecular flexibility index (Phi) is 7.37. The summed E-state index contributed by atoms with van der Waals surface area (Å²) in [6, 6.07) is 11.4. The third-order valence-electron chi connectivity index (χ3n) is 6.39. The van der Waals surface area contributed by atoms with Gasteiger partial charge in [0, 0.05) is 50.3 Å². The van der Waals surface area contributed by atoms with Crippen molar-refractivity contribution in [3.8, 4) is 0 Å². The Morgan fingerprint density at radius 3 is 2.33 bits per heavy atom. The lowest BCUT2D eigenvalue weighted by atomic mass is 10.1. The van der Waals surface area contributed by atoms with Crippen LogP contribution in [0.25, 0.3) is 0 Å². The lowest BCUT2D eigenvalue weighted by Crippen LogP contribution is -2.33. The van der Waals surface area contributed by atoms with Gasteiger partial charge in [-0.2, -0.15) is 0 Å². The molecular formula is C26H30FN3O3. The molecule has 2 aliphatic rings. The molecule has 3 amide bonds. The number of hydrogen-bond donors (Lipinski definition) is 1. The fourth-order valence-corrected chi connectivity index (χ4v) is 4.51. The van der Waals surface area contributed by atoms with Gasteiger partial charge in [-0.1, -0.05) is 25.0 Å². The topological polar surface area (TPSA) is 69.7 Å². The van der Waals surface area contributed by atoms with Crippen LogP contribution >= 0.6 is 0 Å². The number of fused-ring (bicyclic) bond motifs is 1. The number of benzene rings is 2. The van der Waals surface area contributed by atoms with Gasteiger partial charge >= 0.3 is 0 Å². The second kappa shape index (κ2) is 10.6. The minimum Gasteiger partial charge on any atom is -0.352 e. The Hall–Kier alpha value is -3.22. The molecule has 2 aromatic carbocycles. The molecule has 1 saturated heterocycles. The van der Waals surface area contributed by atoms with Gasteiger partial charge in [0.05, 0.1) is 0 Å². The summed E-state index contributed by atoms with van der Waals surface area (Å²) in [6.45, 7) is 2.56. The standard InChI is InChI=1S/C26H30FN3O3/c27-22-8-6-20(7-9-22)26(33)30-16-13-21-17-19(5-10-23(21)30)18-28-24(31)11-12-25(32)29-14-3-1-2-4-15-29/h5-10,17H,1-4,11-16,18H2,(H,28,31). The first-order valence-electron chi connectivity index (χ1n) is 11.7. The highest BCUT2D eigenvalue weighted by atomic mass is 19.1. The van der Waals surface area contributed by atoms with Gasteiger partial charge in [0.25, 0.3) is 5.91 Å². The van der Waals surface area contributed by atoms with Crippen LogP contribution in [-0.2, 0) is 22.6 Å². The average molecular weight is 452 g/mol. The van der Waals surface area contributed by atoms with Crippen LogP contribution in [-0.4, -0.2) is 42.3 Å². The van der Waals surface area contributed by atoms with Gasteiger partial charge in [-0.05, 0) is 60.7 Å². The van der Waals surface area contributed by atoms with E-state index in [9.17, 15) is 18.8 Å². The van der Waals surface area contributed by atoms with Crippen molar-refractivity contribution in [1.29, 1.82) is 0 Å². The number of nitrogens with zero attached hydrogens (tertiary/aromatic N) is 2. The Bertz CT molecular complexity index is 1010. The summed E-state index contributed by atoms with van der Waals surface area (Å²) in [6.07, 6.45) is 5.60. The Labute approximate surface area is 193 Å². The molecule has 1 fully saturated rings. The van der Waals surface area contributed by atoms with Gasteiger partial charge in [-0.25, -0.2) is 4.39 Å². The second-order valence-corrected chi connectivity index (χ2v) is 8.75. The summed E-state index contributed by atoms with van der Waals surface area (Å²) >= 11 is 0. The van der Waals surface area contributed by atoms with E-state index in [1.54, 1.807) is 4.90 Å². The molecule has 6 nitrogen and oxygen atoms in total. The third-order valence-corrected chi connectivity index (χ3v) is 6.39. The zero-order valence-electron chi connectivity index (χ0n) is 18.8. The summed E-state index contributed by atoms with van der Waals surface area (Å²) in [7, 11) is 0. The van der Waals surface area contributed by atoms with Gasteiger partial charge in [-0.3, -0.25) is 14.4 Å². The highest BCUT2D eigenvalue weighted by Gasteiger charge is 2.26. The number of carbonyl (C=O) groups is 3. The zero-order chi connectivity index (χ0) is 23.2. The summed E-state index contributed by atoms with van der Waals surface area (Å²) in [5, 5.41) is 2.90. The Morgan fingerprint density at radius 1 is 0.879 bits per heavy atom. The summed E-state index contributed by atoms with van der Waals surface area (Å²) in [5.74, 6) is -0.586. The van der Waals surface area contributed by atoms with Crippen LogP contribution in [0.4, 0.5) is 10.1 Å². The molecular weight excluding hydrogens is 421 g/mol. The number of rotatable bonds is 6. The minimum absolute atomic E-state index is 0.0653. The van der Waals surface area contributed by atoms with E-state index >= 15 is 0 Å². The van der Waals surface area contributed by atoms with Crippen LogP contribution in [0.1, 0.15) is 60.0 Å². The van der Waals surface area contributed by atoms with E-state index in [4.69, 9.17) is 0 Å². The minimum atomic E-state index is -0.369. The lowest BCUT2D eigenvalue weighted by Gasteiger charge is -2.20. The number of hydrogen-bond acceptors (Lipinski definition) is 3. The molecule has 2 aliphatic heterocycles. The quantitative estimate of drug-likeness (QED) is 0.726. The van der Waals surface area contributed by atoms with Gasteiger partial charge in [0.2, 0.25) is 11.8 Å². The van der Waals surface area contributed by atoms with Crippen LogP contribution in [0, 0.1) is 5.82 Å². The van der Waals surface area contributed by atoms with E-state index in [0.717, 1.165) is 49.2 Å². The van der Waals surface area contributed by atoms with E-state index in [-0.39, 0.29) is 36.4 Å². The van der Waals surface area contributed by atoms with Crippen molar-refractivity contribution >= 4 is 23.4 Å². The van der Waals surface area contributed by atoms with Gasteiger partial charge in [-0.15, -0.1) is 0 Å². The first kappa shape index (κ1) is 23.0. The predicted molar refractivity (Wildman–Crippen MR) is 124 cm³/mol. The van der Waals surface area contributed by atoms with Crippen molar-refractivity contribution in [2.75, 3.05) is 24.5 Å². The van der Waals surface area contributed by atoms with Crippen molar-refractivity contribution in [3.63, 3.8) is 0 Å². The van der Waals surface area contributed by atoms with Crippen molar-refractivity contribution in [3.05, 3.63) is 65.0 Å². The Morgan fingerprint density at radius 2 is 1.61 bits per heavy atom. The monoisotopic (exact) mass is 451 g/mol. The third kappa shape index (κ3) is 5.78. The van der Waals surface area contributed by atoms with E-state index < -0.39 is 0 Å². The molecule has 174 valence electrons. The largest absolute Gasteiger partial charge is 0.352 e. The van der Waals surface area contributed by atoms with Gasteiger partial charge < -0.3 is 15.1 Å². The van der Waals surface area contributed by atoms with Gasteiger partial charge in [0.15, 0.2) is 0 Å². The van der Waals surface area contributed by atoms with Crippen LogP contribution < -0.4 is 10.2 Å². The van der Waals surface area contributed by atoms with Crippen molar-refractivity contribution in [2.24, 2.45) is 0 Å². The Balaban J connectivity index is 1.28. The molecule has 0 unspecified atom stereocenters. The maximum atomic E-state index is 13.2. The molecule has 0 aromatic heterocycles. The number of anilines is 1. The highest BCUT2D eigenvalue weighted by molar-refractivity contribution is 6.07. The fraction of sp³-hybridized carbons (Fsp3) is 0.423. The van der Waals surface area contributed by atoms with E-state index in [1.807, 2.05) is 23.1 Å².